The molecule has 1 fully saturated rings. The maximum atomic E-state index is 13.3. The Morgan fingerprint density at radius 3 is 2.35 bits per heavy atom. The van der Waals surface area contributed by atoms with Crippen LogP contribution >= 0.6 is 0 Å². The fourth-order valence-corrected chi connectivity index (χ4v) is 4.87. The number of nitrogens with one attached hydrogen (secondary N) is 1. The molecule has 0 aromatic heterocycles. The number of carboxylic acids is 1. The Balaban J connectivity index is 1.58. The van der Waals surface area contributed by atoms with Gasteiger partial charge in [-0.1, -0.05) is 43.9 Å². The molecular formula is C30H42N2O5. The monoisotopic (exact) mass is 510 g/mol. The number of hydrogen-bond acceptors (Lipinski definition) is 4. The summed E-state index contributed by atoms with van der Waals surface area (Å²) < 4.78 is 11.3. The molecule has 7 nitrogen and oxygen atoms in total. The lowest BCUT2D eigenvalue weighted by atomic mass is 10.0. The van der Waals surface area contributed by atoms with Crippen LogP contribution in [0.5, 0.6) is 5.75 Å². The van der Waals surface area contributed by atoms with Crippen LogP contribution in [0.15, 0.2) is 36.4 Å². The number of rotatable bonds is 13. The van der Waals surface area contributed by atoms with Crippen molar-refractivity contribution in [3.63, 3.8) is 0 Å². The predicted molar refractivity (Wildman–Crippen MR) is 147 cm³/mol. The number of carbonyl (C=O) groups is 2. The van der Waals surface area contributed by atoms with Crippen LogP contribution < -0.4 is 10.1 Å². The molecule has 0 spiro atoms. The van der Waals surface area contributed by atoms with Gasteiger partial charge in [0.25, 0.3) is 0 Å². The van der Waals surface area contributed by atoms with E-state index in [0.717, 1.165) is 28.8 Å². The van der Waals surface area contributed by atoms with Gasteiger partial charge in [-0.2, -0.15) is 0 Å². The van der Waals surface area contributed by atoms with E-state index in [1.807, 2.05) is 42.2 Å². The fraction of sp³-hybridized carbons (Fsp3) is 0.533. The molecule has 0 aliphatic heterocycles. The number of aryl methyl sites for hydroxylation is 3. The lowest BCUT2D eigenvalue weighted by Crippen LogP contribution is -2.39. The Morgan fingerprint density at radius 2 is 1.70 bits per heavy atom. The summed E-state index contributed by atoms with van der Waals surface area (Å²) in [6, 6.07) is 11.4. The summed E-state index contributed by atoms with van der Waals surface area (Å²) in [6.07, 6.45) is 5.53. The molecule has 7 heteroatoms. The summed E-state index contributed by atoms with van der Waals surface area (Å²) in [6.45, 7) is 9.85. The second-order valence-corrected chi connectivity index (χ2v) is 10.1. The van der Waals surface area contributed by atoms with Crippen molar-refractivity contribution in [3.05, 3.63) is 58.7 Å². The Bertz CT molecular complexity index is 1030. The molecule has 202 valence electrons. The molecular weight excluding hydrogens is 468 g/mol. The fourth-order valence-electron chi connectivity index (χ4n) is 4.87. The minimum absolute atomic E-state index is 0.0982. The molecule has 1 atom stereocenters. The zero-order chi connectivity index (χ0) is 26.8. The maximum Gasteiger partial charge on any atom is 0.333 e. The lowest BCUT2D eigenvalue weighted by Gasteiger charge is -2.25. The van der Waals surface area contributed by atoms with Crippen LogP contribution in [0.2, 0.25) is 0 Å². The molecule has 2 N–H and O–H groups in total. The molecule has 0 bridgehead atoms. The smallest absolute Gasteiger partial charge is 0.333 e. The third kappa shape index (κ3) is 8.78. The summed E-state index contributed by atoms with van der Waals surface area (Å²) in [5, 5.41) is 12.4. The van der Waals surface area contributed by atoms with E-state index in [9.17, 15) is 14.7 Å². The summed E-state index contributed by atoms with van der Waals surface area (Å²) in [5.74, 6) is 0.417. The van der Waals surface area contributed by atoms with E-state index in [1.165, 1.54) is 31.2 Å². The van der Waals surface area contributed by atoms with Gasteiger partial charge in [0, 0.05) is 25.3 Å². The topological polar surface area (TPSA) is 88.1 Å². The molecule has 1 aliphatic carbocycles. The summed E-state index contributed by atoms with van der Waals surface area (Å²) in [4.78, 5) is 26.5. The number of carboxylic acid groups (broad SMARTS) is 1. The molecule has 2 aromatic carbocycles. The van der Waals surface area contributed by atoms with Gasteiger partial charge in [0.05, 0.1) is 6.54 Å². The van der Waals surface area contributed by atoms with Crippen molar-refractivity contribution in [3.8, 4) is 5.75 Å². The van der Waals surface area contributed by atoms with Crippen molar-refractivity contribution in [1.29, 1.82) is 0 Å². The van der Waals surface area contributed by atoms with E-state index < -0.39 is 12.1 Å². The Kier molecular flexibility index (Phi) is 10.8. The highest BCUT2D eigenvalue weighted by molar-refractivity contribution is 5.90. The highest BCUT2D eigenvalue weighted by Crippen LogP contribution is 2.28. The third-order valence-electron chi connectivity index (χ3n) is 7.27. The van der Waals surface area contributed by atoms with Gasteiger partial charge < -0.3 is 24.8 Å². The number of anilines is 1. The number of nitrogens with zero attached hydrogens (tertiary/aromatic N) is 1. The molecule has 2 amide bonds. The van der Waals surface area contributed by atoms with E-state index in [4.69, 9.17) is 9.47 Å². The van der Waals surface area contributed by atoms with Gasteiger partial charge in [0.15, 0.2) is 6.10 Å². The molecule has 3 rings (SSSR count). The quantitative estimate of drug-likeness (QED) is 0.338. The molecule has 0 heterocycles. The van der Waals surface area contributed by atoms with Crippen LogP contribution in [-0.2, 0) is 16.0 Å². The van der Waals surface area contributed by atoms with E-state index in [1.54, 1.807) is 6.92 Å². The molecule has 0 saturated heterocycles. The van der Waals surface area contributed by atoms with Crippen molar-refractivity contribution in [2.24, 2.45) is 5.92 Å². The summed E-state index contributed by atoms with van der Waals surface area (Å²) >= 11 is 0. The lowest BCUT2D eigenvalue weighted by molar-refractivity contribution is -0.149. The largest absolute Gasteiger partial charge is 0.492 e. The molecule has 37 heavy (non-hydrogen) atoms. The number of carbonyl (C=O) groups excluding carboxylic acids is 1. The van der Waals surface area contributed by atoms with Gasteiger partial charge in [0.1, 0.15) is 12.4 Å². The first-order chi connectivity index (χ1) is 17.8. The van der Waals surface area contributed by atoms with Gasteiger partial charge in [0.2, 0.25) is 0 Å². The van der Waals surface area contributed by atoms with E-state index in [0.29, 0.717) is 44.4 Å². The average molecular weight is 511 g/mol. The number of benzene rings is 2. The van der Waals surface area contributed by atoms with E-state index in [2.05, 4.69) is 25.2 Å². The first-order valence-corrected chi connectivity index (χ1v) is 13.5. The highest BCUT2D eigenvalue weighted by atomic mass is 16.5. The van der Waals surface area contributed by atoms with Crippen LogP contribution in [0.3, 0.4) is 0 Å². The van der Waals surface area contributed by atoms with Gasteiger partial charge in [-0.15, -0.1) is 0 Å². The second kappa shape index (κ2) is 14.0. The average Bonchev–Trinajstić information content (AvgIpc) is 3.39. The predicted octanol–water partition coefficient (Wildman–Crippen LogP) is 6.14. The summed E-state index contributed by atoms with van der Waals surface area (Å²) in [5.41, 5.74) is 5.14. The van der Waals surface area contributed by atoms with Crippen LogP contribution in [0, 0.1) is 26.7 Å². The normalized spacial score (nSPS) is 14.4. The Morgan fingerprint density at radius 1 is 1.03 bits per heavy atom. The van der Waals surface area contributed by atoms with Gasteiger partial charge in [-0.25, -0.2) is 9.59 Å². The van der Waals surface area contributed by atoms with Crippen molar-refractivity contribution in [1.82, 2.24) is 4.90 Å². The highest BCUT2D eigenvalue weighted by Gasteiger charge is 2.20. The summed E-state index contributed by atoms with van der Waals surface area (Å²) in [7, 11) is 0. The van der Waals surface area contributed by atoms with E-state index in [-0.39, 0.29) is 6.03 Å². The number of ether oxygens (including phenoxy) is 2. The molecule has 0 radical (unpaired) electrons. The first kappa shape index (κ1) is 28.5. The minimum atomic E-state index is -0.964. The Hall–Kier alpha value is -3.06. The van der Waals surface area contributed by atoms with Crippen LogP contribution in [0.25, 0.3) is 0 Å². The number of urea groups is 1. The third-order valence-corrected chi connectivity index (χ3v) is 7.27. The molecule has 1 aliphatic rings. The van der Waals surface area contributed by atoms with E-state index >= 15 is 0 Å². The van der Waals surface area contributed by atoms with Crippen LogP contribution in [0.1, 0.15) is 61.3 Å². The number of hydrogen-bond donors (Lipinski definition) is 2. The number of aliphatic carboxylic acids is 1. The molecule has 2 aromatic rings. The zero-order valence-corrected chi connectivity index (χ0v) is 22.7. The standard InChI is InChI=1S/C30H42N2O5/c1-5-36-28(29(33)34)20-25-10-12-26(13-11-25)37-17-16-32(15-14-24-8-6-7-9-24)30(35)31-27-19-22(3)21(2)18-23(27)4/h10-13,18-19,24,28H,5-9,14-17,20H2,1-4H3,(H,31,35)(H,33,34). The SMILES string of the molecule is CCOC(Cc1ccc(OCCN(CCC2CCCC2)C(=O)Nc2cc(C)c(C)cc2C)cc1)C(=O)O. The van der Waals surface area contributed by atoms with Crippen LogP contribution in [0.4, 0.5) is 10.5 Å². The van der Waals surface area contributed by atoms with Gasteiger partial charge in [-0.05, 0) is 80.5 Å². The Labute approximate surface area is 221 Å². The first-order valence-electron chi connectivity index (χ1n) is 13.5. The minimum Gasteiger partial charge on any atom is -0.492 e. The van der Waals surface area contributed by atoms with Crippen molar-refractivity contribution in [2.45, 2.75) is 72.3 Å². The van der Waals surface area contributed by atoms with Crippen molar-refractivity contribution in [2.75, 3.05) is 31.6 Å². The van der Waals surface area contributed by atoms with Crippen molar-refractivity contribution >= 4 is 17.7 Å². The molecule has 1 unspecified atom stereocenters. The second-order valence-electron chi connectivity index (χ2n) is 10.1. The van der Waals surface area contributed by atoms with Crippen molar-refractivity contribution < 1.29 is 24.2 Å². The van der Waals surface area contributed by atoms with Crippen LogP contribution in [-0.4, -0.2) is 54.4 Å². The number of amides is 2. The molecule has 1 saturated carbocycles. The van der Waals surface area contributed by atoms with Gasteiger partial charge in [-0.3, -0.25) is 0 Å². The van der Waals surface area contributed by atoms with Gasteiger partial charge >= 0.3 is 12.0 Å². The zero-order valence-electron chi connectivity index (χ0n) is 22.7. The maximum absolute atomic E-state index is 13.3.